The maximum Gasteiger partial charge on any atom is 0.168 e. The first-order valence-corrected chi connectivity index (χ1v) is 10.2. The standard InChI is InChI=1S/C19H22F2N6O.C2H6/c1-19(2,28)15-10-27-14(8-24-16(27)9-23-15)17-12(20)6-13(21)18(26-17)25-11-4-3-5-22-7-11;1-2/h6,8-11,22,28H,3-5,7H2,1-2H3,(H,25,26);1-2H3/t11-;/m1./s1. The number of rotatable bonds is 4. The van der Waals surface area contributed by atoms with Crippen LogP contribution in [0, 0.1) is 11.6 Å². The SMILES string of the molecule is CC.CC(C)(O)c1cn2c(-c3nc(N[C@@H]4CCCNC4)c(F)cc3F)cnc2cn1. The van der Waals surface area contributed by atoms with Crippen molar-refractivity contribution < 1.29 is 13.9 Å². The van der Waals surface area contributed by atoms with Crippen molar-refractivity contribution >= 4 is 11.5 Å². The first-order chi connectivity index (χ1) is 14.3. The minimum absolute atomic E-state index is 0.0109. The summed E-state index contributed by atoms with van der Waals surface area (Å²) in [6, 6.07) is 0.862. The van der Waals surface area contributed by atoms with E-state index in [1.54, 1.807) is 24.4 Å². The zero-order valence-electron chi connectivity index (χ0n) is 17.7. The van der Waals surface area contributed by atoms with Crippen LogP contribution in [0.15, 0.2) is 24.7 Å². The van der Waals surface area contributed by atoms with Crippen LogP contribution in [-0.4, -0.2) is 43.6 Å². The smallest absolute Gasteiger partial charge is 0.168 e. The van der Waals surface area contributed by atoms with E-state index in [9.17, 15) is 13.9 Å². The molecule has 3 N–H and O–H groups in total. The Balaban J connectivity index is 0.00000124. The van der Waals surface area contributed by atoms with E-state index in [0.717, 1.165) is 25.5 Å². The molecule has 3 aromatic rings. The summed E-state index contributed by atoms with van der Waals surface area (Å²) in [6.07, 6.45) is 6.40. The number of piperidine rings is 1. The number of fused-ring (bicyclic) bond motifs is 1. The highest BCUT2D eigenvalue weighted by Crippen LogP contribution is 2.27. The lowest BCUT2D eigenvalue weighted by atomic mass is 10.1. The molecule has 0 radical (unpaired) electrons. The minimum Gasteiger partial charge on any atom is -0.384 e. The molecule has 0 aromatic carbocycles. The Morgan fingerprint density at radius 1 is 1.20 bits per heavy atom. The predicted molar refractivity (Wildman–Crippen MR) is 112 cm³/mol. The van der Waals surface area contributed by atoms with Crippen molar-refractivity contribution in [2.45, 2.75) is 52.2 Å². The molecule has 162 valence electrons. The second kappa shape index (κ2) is 9.01. The third-order valence-electron chi connectivity index (χ3n) is 4.83. The molecular weight excluding hydrogens is 390 g/mol. The molecule has 1 fully saturated rings. The predicted octanol–water partition coefficient (Wildman–Crippen LogP) is 3.49. The Morgan fingerprint density at radius 3 is 2.63 bits per heavy atom. The van der Waals surface area contributed by atoms with Gasteiger partial charge in [-0.05, 0) is 33.2 Å². The lowest BCUT2D eigenvalue weighted by Crippen LogP contribution is -2.38. The van der Waals surface area contributed by atoms with E-state index < -0.39 is 17.2 Å². The highest BCUT2D eigenvalue weighted by atomic mass is 19.1. The number of anilines is 1. The average molecular weight is 418 g/mol. The molecule has 0 unspecified atom stereocenters. The number of nitrogens with one attached hydrogen (secondary N) is 2. The highest BCUT2D eigenvalue weighted by molar-refractivity contribution is 5.62. The zero-order chi connectivity index (χ0) is 21.9. The van der Waals surface area contributed by atoms with Gasteiger partial charge in [-0.1, -0.05) is 13.8 Å². The number of aliphatic hydroxyl groups is 1. The topological polar surface area (TPSA) is 87.4 Å². The Labute approximate surface area is 174 Å². The summed E-state index contributed by atoms with van der Waals surface area (Å²) < 4.78 is 30.5. The number of aromatic nitrogens is 4. The molecule has 4 heterocycles. The number of imidazole rings is 1. The van der Waals surface area contributed by atoms with Gasteiger partial charge >= 0.3 is 0 Å². The van der Waals surface area contributed by atoms with Crippen molar-refractivity contribution in [2.75, 3.05) is 18.4 Å². The summed E-state index contributed by atoms with van der Waals surface area (Å²) in [5, 5.41) is 16.5. The van der Waals surface area contributed by atoms with E-state index in [1.807, 2.05) is 13.8 Å². The molecule has 0 amide bonds. The summed E-state index contributed by atoms with van der Waals surface area (Å²) >= 11 is 0. The van der Waals surface area contributed by atoms with Gasteiger partial charge in [0.2, 0.25) is 0 Å². The van der Waals surface area contributed by atoms with E-state index in [4.69, 9.17) is 0 Å². The van der Waals surface area contributed by atoms with Crippen molar-refractivity contribution in [2.24, 2.45) is 0 Å². The van der Waals surface area contributed by atoms with Gasteiger partial charge in [-0.15, -0.1) is 0 Å². The van der Waals surface area contributed by atoms with E-state index in [2.05, 4.69) is 25.6 Å². The lowest BCUT2D eigenvalue weighted by Gasteiger charge is -2.24. The number of hydrogen-bond donors (Lipinski definition) is 3. The Morgan fingerprint density at radius 2 is 1.97 bits per heavy atom. The normalized spacial score (nSPS) is 16.8. The summed E-state index contributed by atoms with van der Waals surface area (Å²) in [5.74, 6) is -1.51. The van der Waals surface area contributed by atoms with Crippen LogP contribution in [0.25, 0.3) is 17.0 Å². The molecular formula is C21H28F2N6O. The highest BCUT2D eigenvalue weighted by Gasteiger charge is 2.22. The van der Waals surface area contributed by atoms with Gasteiger partial charge in [0.05, 0.1) is 23.8 Å². The molecule has 9 heteroatoms. The Kier molecular flexibility index (Phi) is 6.62. The van der Waals surface area contributed by atoms with Gasteiger partial charge in [-0.3, -0.25) is 9.38 Å². The number of pyridine rings is 1. The molecule has 3 aromatic heterocycles. The fraction of sp³-hybridized carbons (Fsp3) is 0.476. The molecule has 1 atom stereocenters. The summed E-state index contributed by atoms with van der Waals surface area (Å²) in [7, 11) is 0. The molecule has 1 aliphatic heterocycles. The van der Waals surface area contributed by atoms with Gasteiger partial charge in [-0.2, -0.15) is 0 Å². The Bertz CT molecular complexity index is 1010. The van der Waals surface area contributed by atoms with Crippen LogP contribution in [0.1, 0.15) is 46.2 Å². The van der Waals surface area contributed by atoms with Gasteiger partial charge in [0, 0.05) is 24.8 Å². The number of nitrogens with zero attached hydrogens (tertiary/aromatic N) is 4. The third-order valence-corrected chi connectivity index (χ3v) is 4.83. The van der Waals surface area contributed by atoms with E-state index in [1.165, 1.54) is 12.4 Å². The molecule has 0 saturated carbocycles. The molecule has 1 saturated heterocycles. The van der Waals surface area contributed by atoms with Crippen molar-refractivity contribution in [3.8, 4) is 11.4 Å². The van der Waals surface area contributed by atoms with E-state index >= 15 is 0 Å². The fourth-order valence-corrected chi connectivity index (χ4v) is 3.30. The summed E-state index contributed by atoms with van der Waals surface area (Å²) in [5.41, 5.74) is 0.0248. The molecule has 30 heavy (non-hydrogen) atoms. The third kappa shape index (κ3) is 4.57. The van der Waals surface area contributed by atoms with Crippen LogP contribution in [0.2, 0.25) is 0 Å². The first-order valence-electron chi connectivity index (χ1n) is 10.2. The zero-order valence-corrected chi connectivity index (χ0v) is 17.7. The van der Waals surface area contributed by atoms with Crippen LogP contribution in [0.4, 0.5) is 14.6 Å². The largest absolute Gasteiger partial charge is 0.384 e. The molecule has 0 spiro atoms. The Hall–Kier alpha value is -2.65. The van der Waals surface area contributed by atoms with Crippen molar-refractivity contribution in [1.29, 1.82) is 0 Å². The fourth-order valence-electron chi connectivity index (χ4n) is 3.30. The molecule has 4 rings (SSSR count). The minimum atomic E-state index is -1.18. The molecule has 0 bridgehead atoms. The van der Waals surface area contributed by atoms with Crippen LogP contribution < -0.4 is 10.6 Å². The van der Waals surface area contributed by atoms with Crippen molar-refractivity contribution in [1.82, 2.24) is 24.7 Å². The second-order valence-electron chi connectivity index (χ2n) is 7.54. The quantitative estimate of drug-likeness (QED) is 0.601. The number of hydrogen-bond acceptors (Lipinski definition) is 6. The van der Waals surface area contributed by atoms with Gasteiger partial charge in [0.1, 0.15) is 11.3 Å². The monoisotopic (exact) mass is 418 g/mol. The van der Waals surface area contributed by atoms with Crippen molar-refractivity contribution in [3.05, 3.63) is 42.0 Å². The van der Waals surface area contributed by atoms with Crippen LogP contribution >= 0.6 is 0 Å². The van der Waals surface area contributed by atoms with E-state index in [-0.39, 0.29) is 17.6 Å². The molecule has 1 aliphatic rings. The maximum atomic E-state index is 14.6. The molecule has 0 aliphatic carbocycles. The van der Waals surface area contributed by atoms with Crippen LogP contribution in [0.5, 0.6) is 0 Å². The van der Waals surface area contributed by atoms with Gasteiger partial charge in [0.25, 0.3) is 0 Å². The second-order valence-corrected chi connectivity index (χ2v) is 7.54. The average Bonchev–Trinajstić information content (AvgIpc) is 3.15. The molecule has 7 nitrogen and oxygen atoms in total. The van der Waals surface area contributed by atoms with Crippen LogP contribution in [0.3, 0.4) is 0 Å². The summed E-state index contributed by atoms with van der Waals surface area (Å²) in [4.78, 5) is 12.6. The first kappa shape index (κ1) is 22.0. The summed E-state index contributed by atoms with van der Waals surface area (Å²) in [6.45, 7) is 8.84. The van der Waals surface area contributed by atoms with E-state index in [0.29, 0.717) is 23.6 Å². The lowest BCUT2D eigenvalue weighted by molar-refractivity contribution is 0.0734. The van der Waals surface area contributed by atoms with Gasteiger partial charge < -0.3 is 15.7 Å². The maximum absolute atomic E-state index is 14.6. The van der Waals surface area contributed by atoms with Crippen molar-refractivity contribution in [3.63, 3.8) is 0 Å². The number of halogens is 2. The van der Waals surface area contributed by atoms with Crippen LogP contribution in [-0.2, 0) is 5.60 Å². The van der Waals surface area contributed by atoms with Gasteiger partial charge in [0.15, 0.2) is 23.1 Å². The van der Waals surface area contributed by atoms with Gasteiger partial charge in [-0.25, -0.2) is 18.7 Å².